The first-order valence-electron chi connectivity index (χ1n) is 8.39. The van der Waals surface area contributed by atoms with Crippen molar-refractivity contribution in [3.8, 4) is 0 Å². The Morgan fingerprint density at radius 3 is 2.73 bits per heavy atom. The normalized spacial score (nSPS) is 21.5. The van der Waals surface area contributed by atoms with Crippen LogP contribution in [0.5, 0.6) is 0 Å². The van der Waals surface area contributed by atoms with Crippen molar-refractivity contribution in [1.29, 1.82) is 0 Å². The number of hydrogen-bond donors (Lipinski definition) is 2. The molecule has 22 heavy (non-hydrogen) atoms. The first kappa shape index (κ1) is 17.0. The third-order valence-electron chi connectivity index (χ3n) is 4.09. The highest BCUT2D eigenvalue weighted by Crippen LogP contribution is 2.33. The van der Waals surface area contributed by atoms with Gasteiger partial charge in [0, 0.05) is 19.7 Å². The number of hydrogen-bond acceptors (Lipinski definition) is 3. The largest absolute Gasteiger partial charge is 0.373 e. The maximum absolute atomic E-state index is 12.5. The van der Waals surface area contributed by atoms with Gasteiger partial charge in [0.2, 0.25) is 5.91 Å². The molecule has 2 N–H and O–H groups in total. The number of carbonyl (C=O) groups is 1. The minimum atomic E-state index is -0.113. The first-order chi connectivity index (χ1) is 10.7. The molecule has 1 aromatic rings. The standard InChI is InChI=1S/C18H28N2O2/c1-3-10-19-11-12-20-18(21)16-5-4-13-22-17(16)15-8-6-14(2)7-9-15/h6-9,16-17,19H,3-5,10-13H2,1-2H3,(H,20,21). The summed E-state index contributed by atoms with van der Waals surface area (Å²) in [5.41, 5.74) is 2.33. The molecule has 1 heterocycles. The quantitative estimate of drug-likeness (QED) is 0.761. The number of nitrogens with one attached hydrogen (secondary N) is 2. The summed E-state index contributed by atoms with van der Waals surface area (Å²) in [5.74, 6) is 0.0335. The van der Waals surface area contributed by atoms with E-state index in [-0.39, 0.29) is 17.9 Å². The highest BCUT2D eigenvalue weighted by molar-refractivity contribution is 5.79. The molecule has 1 amide bonds. The molecule has 2 rings (SSSR count). The molecule has 1 aliphatic heterocycles. The summed E-state index contributed by atoms with van der Waals surface area (Å²) in [7, 11) is 0. The molecule has 2 unspecified atom stereocenters. The number of ether oxygens (including phenoxy) is 1. The molecule has 0 aromatic heterocycles. The van der Waals surface area contributed by atoms with Crippen molar-refractivity contribution in [3.63, 3.8) is 0 Å². The zero-order chi connectivity index (χ0) is 15.8. The zero-order valence-electron chi connectivity index (χ0n) is 13.7. The third kappa shape index (κ3) is 4.82. The fourth-order valence-corrected chi connectivity index (χ4v) is 2.84. The summed E-state index contributed by atoms with van der Waals surface area (Å²) in [5, 5.41) is 6.34. The highest BCUT2D eigenvalue weighted by atomic mass is 16.5. The molecule has 122 valence electrons. The third-order valence-corrected chi connectivity index (χ3v) is 4.09. The monoisotopic (exact) mass is 304 g/mol. The Hall–Kier alpha value is -1.39. The summed E-state index contributed by atoms with van der Waals surface area (Å²) < 4.78 is 5.91. The van der Waals surface area contributed by atoms with Crippen molar-refractivity contribution >= 4 is 5.91 Å². The fourth-order valence-electron chi connectivity index (χ4n) is 2.84. The summed E-state index contributed by atoms with van der Waals surface area (Å²) in [6.07, 6.45) is 2.85. The van der Waals surface area contributed by atoms with Gasteiger partial charge in [0.1, 0.15) is 0 Å². The van der Waals surface area contributed by atoms with Crippen LogP contribution in [0.1, 0.15) is 43.4 Å². The second-order valence-electron chi connectivity index (χ2n) is 5.99. The molecular formula is C18H28N2O2. The fraction of sp³-hybridized carbons (Fsp3) is 0.611. The van der Waals surface area contributed by atoms with E-state index < -0.39 is 0 Å². The number of carbonyl (C=O) groups excluding carboxylic acids is 1. The van der Waals surface area contributed by atoms with Crippen LogP contribution in [0, 0.1) is 12.8 Å². The van der Waals surface area contributed by atoms with Gasteiger partial charge in [0.25, 0.3) is 0 Å². The van der Waals surface area contributed by atoms with Gasteiger partial charge in [-0.05, 0) is 38.3 Å². The molecule has 1 saturated heterocycles. The van der Waals surface area contributed by atoms with Crippen molar-refractivity contribution in [3.05, 3.63) is 35.4 Å². The summed E-state index contributed by atoms with van der Waals surface area (Å²) in [6, 6.07) is 8.32. The van der Waals surface area contributed by atoms with Gasteiger partial charge in [-0.3, -0.25) is 4.79 Å². The Morgan fingerprint density at radius 1 is 1.23 bits per heavy atom. The van der Waals surface area contributed by atoms with E-state index >= 15 is 0 Å². The Kier molecular flexibility index (Phi) is 6.87. The Balaban J connectivity index is 1.91. The van der Waals surface area contributed by atoms with Crippen LogP contribution in [0.2, 0.25) is 0 Å². The van der Waals surface area contributed by atoms with Gasteiger partial charge in [0.05, 0.1) is 12.0 Å². The molecular weight excluding hydrogens is 276 g/mol. The van der Waals surface area contributed by atoms with Crippen molar-refractivity contribution in [2.24, 2.45) is 5.92 Å². The summed E-state index contributed by atoms with van der Waals surface area (Å²) in [4.78, 5) is 12.5. The molecule has 1 aromatic carbocycles. The smallest absolute Gasteiger partial charge is 0.226 e. The van der Waals surface area contributed by atoms with Gasteiger partial charge in [-0.2, -0.15) is 0 Å². The zero-order valence-corrected chi connectivity index (χ0v) is 13.7. The average Bonchev–Trinajstić information content (AvgIpc) is 2.55. The predicted octanol–water partition coefficient (Wildman–Crippen LogP) is 2.58. The van der Waals surface area contributed by atoms with E-state index in [4.69, 9.17) is 4.74 Å². The van der Waals surface area contributed by atoms with Crippen molar-refractivity contribution in [2.45, 2.75) is 39.2 Å². The minimum Gasteiger partial charge on any atom is -0.373 e. The maximum atomic E-state index is 12.5. The van der Waals surface area contributed by atoms with Crippen LogP contribution in [-0.2, 0) is 9.53 Å². The number of benzene rings is 1. The predicted molar refractivity (Wildman–Crippen MR) is 88.8 cm³/mol. The Morgan fingerprint density at radius 2 is 2.00 bits per heavy atom. The van der Waals surface area contributed by atoms with Crippen molar-refractivity contribution in [2.75, 3.05) is 26.2 Å². The van der Waals surface area contributed by atoms with Crippen LogP contribution in [0.3, 0.4) is 0 Å². The van der Waals surface area contributed by atoms with Crippen LogP contribution < -0.4 is 10.6 Å². The Bertz CT molecular complexity index is 459. The van der Waals surface area contributed by atoms with Crippen molar-refractivity contribution < 1.29 is 9.53 Å². The molecule has 0 aliphatic carbocycles. The lowest BCUT2D eigenvalue weighted by Gasteiger charge is -2.31. The molecule has 0 radical (unpaired) electrons. The molecule has 0 spiro atoms. The lowest BCUT2D eigenvalue weighted by molar-refractivity contribution is -0.134. The number of aryl methyl sites for hydroxylation is 1. The molecule has 1 fully saturated rings. The maximum Gasteiger partial charge on any atom is 0.226 e. The van der Waals surface area contributed by atoms with Gasteiger partial charge in [-0.25, -0.2) is 0 Å². The molecule has 0 bridgehead atoms. The van der Waals surface area contributed by atoms with E-state index in [1.165, 1.54) is 5.56 Å². The molecule has 2 atom stereocenters. The van der Waals surface area contributed by atoms with E-state index in [2.05, 4.69) is 48.7 Å². The molecule has 0 saturated carbocycles. The van der Waals surface area contributed by atoms with Crippen molar-refractivity contribution in [1.82, 2.24) is 10.6 Å². The summed E-state index contributed by atoms with van der Waals surface area (Å²) in [6.45, 7) is 7.43. The van der Waals surface area contributed by atoms with E-state index in [9.17, 15) is 4.79 Å². The van der Waals surface area contributed by atoms with E-state index in [0.29, 0.717) is 6.54 Å². The lowest BCUT2D eigenvalue weighted by atomic mass is 9.88. The molecule has 4 heteroatoms. The van der Waals surface area contributed by atoms with Crippen LogP contribution in [0.15, 0.2) is 24.3 Å². The molecule has 1 aliphatic rings. The van der Waals surface area contributed by atoms with Crippen LogP contribution in [-0.4, -0.2) is 32.1 Å². The van der Waals surface area contributed by atoms with Gasteiger partial charge < -0.3 is 15.4 Å². The van der Waals surface area contributed by atoms with Crippen LogP contribution in [0.4, 0.5) is 0 Å². The van der Waals surface area contributed by atoms with Gasteiger partial charge in [0.15, 0.2) is 0 Å². The number of rotatable bonds is 7. The highest BCUT2D eigenvalue weighted by Gasteiger charge is 2.32. The van der Waals surface area contributed by atoms with Crippen LogP contribution in [0.25, 0.3) is 0 Å². The summed E-state index contributed by atoms with van der Waals surface area (Å²) >= 11 is 0. The molecule has 4 nitrogen and oxygen atoms in total. The number of amides is 1. The minimum absolute atomic E-state index is 0.0809. The lowest BCUT2D eigenvalue weighted by Crippen LogP contribution is -2.40. The van der Waals surface area contributed by atoms with Gasteiger partial charge >= 0.3 is 0 Å². The van der Waals surface area contributed by atoms with Gasteiger partial charge in [-0.15, -0.1) is 0 Å². The van der Waals surface area contributed by atoms with Crippen LogP contribution >= 0.6 is 0 Å². The van der Waals surface area contributed by atoms with E-state index in [1.807, 2.05) is 0 Å². The van der Waals surface area contributed by atoms with E-state index in [1.54, 1.807) is 0 Å². The SMILES string of the molecule is CCCNCCNC(=O)C1CCCOC1c1ccc(C)cc1. The van der Waals surface area contributed by atoms with Gasteiger partial charge in [-0.1, -0.05) is 36.8 Å². The second-order valence-corrected chi connectivity index (χ2v) is 5.99. The Labute approximate surface area is 133 Å². The topological polar surface area (TPSA) is 50.4 Å². The van der Waals surface area contributed by atoms with E-state index in [0.717, 1.165) is 44.5 Å². The second kappa shape index (κ2) is 8.91. The first-order valence-corrected chi connectivity index (χ1v) is 8.39. The average molecular weight is 304 g/mol.